The molecule has 0 spiro atoms. The first-order valence-electron chi connectivity index (χ1n) is 17.3. The van der Waals surface area contributed by atoms with Crippen LogP contribution in [0.2, 0.25) is 0 Å². The topological polar surface area (TPSA) is 129 Å². The van der Waals surface area contributed by atoms with E-state index in [4.69, 9.17) is 4.55 Å². The number of carbonyl (C=O) groups is 4. The van der Waals surface area contributed by atoms with Crippen LogP contribution in [0.1, 0.15) is 47.0 Å². The lowest BCUT2D eigenvalue weighted by Gasteiger charge is -2.32. The first kappa shape index (κ1) is 36.1. The van der Waals surface area contributed by atoms with Crippen molar-refractivity contribution in [2.24, 2.45) is 0 Å². The molecule has 11 nitrogen and oxygen atoms in total. The van der Waals surface area contributed by atoms with Crippen molar-refractivity contribution in [2.45, 2.75) is 11.8 Å². The summed E-state index contributed by atoms with van der Waals surface area (Å²) in [6.07, 6.45) is 0. The number of quaternary nitrogens is 2. The fraction of sp³-hybridized carbons (Fsp3) is 0.268. The summed E-state index contributed by atoms with van der Waals surface area (Å²) < 4.78 is 30.8. The van der Waals surface area contributed by atoms with Crippen molar-refractivity contribution in [3.63, 3.8) is 0 Å². The Balaban J connectivity index is 0.000000341. The van der Waals surface area contributed by atoms with Gasteiger partial charge in [0.05, 0.1) is 73.4 Å². The summed E-state index contributed by atoms with van der Waals surface area (Å²) in [7, 11) is 8.21. The van der Waals surface area contributed by atoms with Crippen molar-refractivity contribution in [1.29, 1.82) is 0 Å². The first-order valence-corrected chi connectivity index (χ1v) is 18.8. The predicted molar refractivity (Wildman–Crippen MR) is 205 cm³/mol. The number of likely N-dealkylation sites (N-methyl/N-ethyl adjacent to an activating group) is 2. The minimum Gasteiger partial charge on any atom is -0.329 e. The summed E-state index contributed by atoms with van der Waals surface area (Å²) in [5.41, 5.74) is 3.06. The van der Waals surface area contributed by atoms with Crippen LogP contribution in [-0.2, 0) is 10.1 Å². The molecule has 272 valence electrons. The van der Waals surface area contributed by atoms with Gasteiger partial charge >= 0.3 is 0 Å². The van der Waals surface area contributed by atoms with E-state index < -0.39 is 10.1 Å². The molecule has 6 aromatic rings. The number of aryl methyl sites for hydroxylation is 1. The molecule has 2 heterocycles. The van der Waals surface area contributed by atoms with Gasteiger partial charge in [0.25, 0.3) is 33.7 Å². The summed E-state index contributed by atoms with van der Waals surface area (Å²) in [5, 5.41) is 6.68. The molecule has 0 aromatic heterocycles. The van der Waals surface area contributed by atoms with E-state index in [1.807, 2.05) is 97.7 Å². The van der Waals surface area contributed by atoms with Crippen LogP contribution in [0.5, 0.6) is 0 Å². The van der Waals surface area contributed by atoms with E-state index in [2.05, 4.69) is 0 Å². The van der Waals surface area contributed by atoms with Crippen LogP contribution in [0.25, 0.3) is 43.1 Å². The Kier molecular flexibility index (Phi) is 8.46. The Hall–Kier alpha value is -5.27. The third-order valence-electron chi connectivity index (χ3n) is 10.1. The molecule has 0 saturated carbocycles. The number of rotatable bonds is 7. The molecule has 0 bridgehead atoms. The van der Waals surface area contributed by atoms with E-state index in [-0.39, 0.29) is 28.5 Å². The number of fused-ring (bicyclic) bond motifs is 2. The molecular formula is C41H42N4O7S+2. The van der Waals surface area contributed by atoms with Gasteiger partial charge in [-0.2, -0.15) is 8.42 Å². The summed E-state index contributed by atoms with van der Waals surface area (Å²) in [6, 6.07) is 21.1. The van der Waals surface area contributed by atoms with Gasteiger partial charge in [-0.1, -0.05) is 42.0 Å². The van der Waals surface area contributed by atoms with Crippen molar-refractivity contribution in [1.82, 2.24) is 9.80 Å². The van der Waals surface area contributed by atoms with E-state index >= 15 is 0 Å². The van der Waals surface area contributed by atoms with Crippen molar-refractivity contribution in [2.75, 3.05) is 68.5 Å². The van der Waals surface area contributed by atoms with Crippen molar-refractivity contribution in [3.05, 3.63) is 101 Å². The quantitative estimate of drug-likeness (QED) is 0.0746. The molecule has 0 saturated heterocycles. The normalized spacial score (nSPS) is 14.9. The van der Waals surface area contributed by atoms with Gasteiger partial charge < -0.3 is 8.97 Å². The Morgan fingerprint density at radius 2 is 0.792 bits per heavy atom. The highest BCUT2D eigenvalue weighted by atomic mass is 32.2. The number of benzene rings is 6. The van der Waals surface area contributed by atoms with Crippen molar-refractivity contribution >= 4 is 76.8 Å². The number of amides is 4. The number of carbonyl (C=O) groups excluding carboxylic acids is 4. The van der Waals surface area contributed by atoms with Crippen LogP contribution in [0.4, 0.5) is 0 Å². The molecule has 2 aliphatic heterocycles. The van der Waals surface area contributed by atoms with Crippen LogP contribution < -0.4 is 0 Å². The summed E-state index contributed by atoms with van der Waals surface area (Å²) in [6.45, 7) is 3.82. The van der Waals surface area contributed by atoms with E-state index in [9.17, 15) is 27.6 Å². The molecule has 0 radical (unpaired) electrons. The molecule has 4 amide bonds. The standard InChI is InChI=1S/C34H34N4O4.C7H8O3S/c1-37(2,3)17-15-35-31(39)23-11-7-19-21-9-13-25-30-26(34(42)36(33(25)41)16-18-38(4,5)6)14-10-22(28(21)30)20-8-12-24(32(35)40)29(23)27(19)20;1-6-2-4-7(5-3-6)11(8,9)10/h7-14H,15-18H2,1-6H3;2-5H,1H3,(H,8,9,10)/q+2;. The lowest BCUT2D eigenvalue weighted by atomic mass is 9.82. The largest absolute Gasteiger partial charge is 0.329 e. The number of nitrogens with zero attached hydrogens (tertiary/aromatic N) is 4. The molecule has 0 aliphatic carbocycles. The fourth-order valence-corrected chi connectivity index (χ4v) is 7.76. The van der Waals surface area contributed by atoms with E-state index in [0.29, 0.717) is 68.2 Å². The van der Waals surface area contributed by atoms with Crippen LogP contribution in [0, 0.1) is 6.92 Å². The Morgan fingerprint density at radius 3 is 1.06 bits per heavy atom. The van der Waals surface area contributed by atoms with Crippen LogP contribution in [0.15, 0.2) is 77.7 Å². The predicted octanol–water partition coefficient (Wildman–Crippen LogP) is 5.58. The number of imide groups is 2. The molecule has 6 aromatic carbocycles. The van der Waals surface area contributed by atoms with Gasteiger partial charge in [-0.05, 0) is 75.6 Å². The Morgan fingerprint density at radius 1 is 0.491 bits per heavy atom. The van der Waals surface area contributed by atoms with Gasteiger partial charge in [0.2, 0.25) is 0 Å². The molecule has 0 fully saturated rings. The second kappa shape index (κ2) is 12.4. The van der Waals surface area contributed by atoms with Gasteiger partial charge in [0.1, 0.15) is 0 Å². The second-order valence-corrected chi connectivity index (χ2v) is 17.4. The third-order valence-corrected chi connectivity index (χ3v) is 11.0. The van der Waals surface area contributed by atoms with E-state index in [1.54, 1.807) is 12.1 Å². The molecule has 1 N–H and O–H groups in total. The summed E-state index contributed by atoms with van der Waals surface area (Å²) >= 11 is 0. The zero-order chi connectivity index (χ0) is 38.4. The highest BCUT2D eigenvalue weighted by Gasteiger charge is 2.37. The van der Waals surface area contributed by atoms with Crippen LogP contribution in [-0.4, -0.2) is 124 Å². The Bertz CT molecular complexity index is 2390. The minimum absolute atomic E-state index is 0.0666. The SMILES string of the molecule is C[N+](C)(C)CCN1C(=O)c2ccc3c4ccc5c6c(ccc(c7ccc(c2c37)C1=O)c64)C(=O)N(CC[N+](C)(C)C)C5=O.Cc1ccc(S(=O)(=O)O)cc1. The molecular weight excluding hydrogens is 693 g/mol. The van der Waals surface area contributed by atoms with Gasteiger partial charge in [-0.15, -0.1) is 0 Å². The highest BCUT2D eigenvalue weighted by molar-refractivity contribution is 7.85. The second-order valence-electron chi connectivity index (χ2n) is 16.0. The van der Waals surface area contributed by atoms with E-state index in [1.165, 1.54) is 21.9 Å². The average molecular weight is 735 g/mol. The van der Waals surface area contributed by atoms with Gasteiger partial charge in [0, 0.05) is 33.0 Å². The Labute approximate surface area is 307 Å². The zero-order valence-electron chi connectivity index (χ0n) is 30.9. The molecule has 53 heavy (non-hydrogen) atoms. The molecule has 0 unspecified atom stereocenters. The minimum atomic E-state index is -4.02. The van der Waals surface area contributed by atoms with Crippen LogP contribution in [0.3, 0.4) is 0 Å². The van der Waals surface area contributed by atoms with Crippen LogP contribution >= 0.6 is 0 Å². The van der Waals surface area contributed by atoms with E-state index in [0.717, 1.165) is 37.9 Å². The lowest BCUT2D eigenvalue weighted by molar-refractivity contribution is -0.869. The smallest absolute Gasteiger partial charge is 0.294 e. The maximum atomic E-state index is 13.7. The molecule has 8 rings (SSSR count). The van der Waals surface area contributed by atoms with Crippen molar-refractivity contribution < 1.29 is 41.1 Å². The lowest BCUT2D eigenvalue weighted by Crippen LogP contribution is -2.47. The number of hydrogen-bond donors (Lipinski definition) is 1. The summed E-state index contributed by atoms with van der Waals surface area (Å²) in [4.78, 5) is 57.3. The molecule has 12 heteroatoms. The molecule has 0 atom stereocenters. The van der Waals surface area contributed by atoms with Gasteiger partial charge in [-0.25, -0.2) is 0 Å². The maximum Gasteiger partial charge on any atom is 0.294 e. The fourth-order valence-electron chi connectivity index (χ4n) is 7.28. The van der Waals surface area contributed by atoms with Gasteiger partial charge in [-0.3, -0.25) is 33.5 Å². The average Bonchev–Trinajstić information content (AvgIpc) is 3.08. The van der Waals surface area contributed by atoms with Gasteiger partial charge in [0.15, 0.2) is 0 Å². The maximum absolute atomic E-state index is 13.7. The monoisotopic (exact) mass is 734 g/mol. The molecule has 2 aliphatic rings. The third kappa shape index (κ3) is 6.21. The van der Waals surface area contributed by atoms with Crippen molar-refractivity contribution in [3.8, 4) is 0 Å². The number of hydrogen-bond acceptors (Lipinski definition) is 6. The first-order chi connectivity index (χ1) is 24.8. The zero-order valence-corrected chi connectivity index (χ0v) is 31.7. The highest BCUT2D eigenvalue weighted by Crippen LogP contribution is 2.46. The summed E-state index contributed by atoms with van der Waals surface area (Å²) in [5.74, 6) is -1.09.